The van der Waals surface area contributed by atoms with Crippen molar-refractivity contribution in [2.75, 3.05) is 13.7 Å². The zero-order chi connectivity index (χ0) is 19.3. The van der Waals surface area contributed by atoms with Gasteiger partial charge in [0.1, 0.15) is 17.1 Å². The van der Waals surface area contributed by atoms with E-state index in [1.165, 1.54) is 36.9 Å². The second kappa shape index (κ2) is 8.15. The number of methoxy groups -OCH3 is 1. The van der Waals surface area contributed by atoms with E-state index < -0.39 is 17.3 Å². The summed E-state index contributed by atoms with van der Waals surface area (Å²) in [6, 6.07) is 8.06. The first kappa shape index (κ1) is 19.0. The molecule has 26 heavy (non-hydrogen) atoms. The van der Waals surface area contributed by atoms with Gasteiger partial charge >= 0.3 is 5.97 Å². The second-order valence-corrected chi connectivity index (χ2v) is 5.55. The molecule has 0 fully saturated rings. The average molecular weight is 357 g/mol. The van der Waals surface area contributed by atoms with E-state index in [-0.39, 0.29) is 17.9 Å². The summed E-state index contributed by atoms with van der Waals surface area (Å²) >= 11 is 0. The highest BCUT2D eigenvalue weighted by molar-refractivity contribution is 6.08. The molecule has 7 nitrogen and oxygen atoms in total. The number of esters is 1. The first-order valence-corrected chi connectivity index (χ1v) is 7.75. The standard InChI is InChI=1S/C19H19NO6/c1-12-9-16(22)18(19(24)20(12)2)15(21)8-7-13-5-4-6-14(10-13)26-11-17(23)25-3/h4-10,22H,11H2,1-3H3. The predicted molar refractivity (Wildman–Crippen MR) is 95.4 cm³/mol. The highest BCUT2D eigenvalue weighted by Crippen LogP contribution is 2.17. The van der Waals surface area contributed by atoms with Gasteiger partial charge in [-0.3, -0.25) is 9.59 Å². The lowest BCUT2D eigenvalue weighted by Crippen LogP contribution is -2.25. The monoisotopic (exact) mass is 357 g/mol. The summed E-state index contributed by atoms with van der Waals surface area (Å²) in [5, 5.41) is 9.92. The van der Waals surface area contributed by atoms with Crippen molar-refractivity contribution in [3.05, 3.63) is 63.6 Å². The Labute approximate surface area is 150 Å². The van der Waals surface area contributed by atoms with Crippen LogP contribution in [0, 0.1) is 6.92 Å². The fourth-order valence-corrected chi connectivity index (χ4v) is 2.20. The molecule has 7 heteroatoms. The summed E-state index contributed by atoms with van der Waals surface area (Å²) < 4.78 is 11.1. The number of aromatic hydroxyl groups is 1. The SMILES string of the molecule is COC(=O)COc1cccc(C=CC(=O)c2c(O)cc(C)n(C)c2=O)c1. The Morgan fingerprint density at radius 1 is 1.27 bits per heavy atom. The number of hydrogen-bond acceptors (Lipinski definition) is 6. The minimum Gasteiger partial charge on any atom is -0.507 e. The Balaban J connectivity index is 2.20. The summed E-state index contributed by atoms with van der Waals surface area (Å²) in [6.07, 6.45) is 2.69. The van der Waals surface area contributed by atoms with Gasteiger partial charge in [-0.2, -0.15) is 0 Å². The number of carbonyl (C=O) groups excluding carboxylic acids is 2. The van der Waals surface area contributed by atoms with Crippen molar-refractivity contribution in [3.63, 3.8) is 0 Å². The van der Waals surface area contributed by atoms with Crippen LogP contribution in [0.15, 0.2) is 41.2 Å². The molecule has 0 spiro atoms. The van der Waals surface area contributed by atoms with Crippen molar-refractivity contribution in [1.82, 2.24) is 4.57 Å². The molecule has 0 radical (unpaired) electrons. The molecule has 0 atom stereocenters. The Bertz CT molecular complexity index is 926. The van der Waals surface area contributed by atoms with Gasteiger partial charge in [0.05, 0.1) is 7.11 Å². The third-order valence-electron chi connectivity index (χ3n) is 3.77. The molecule has 1 aromatic heterocycles. The normalized spacial score (nSPS) is 10.7. The molecule has 0 amide bonds. The molecule has 0 saturated carbocycles. The molecule has 1 heterocycles. The molecule has 2 rings (SSSR count). The van der Waals surface area contributed by atoms with E-state index in [2.05, 4.69) is 4.74 Å². The Hall–Kier alpha value is -3.35. The van der Waals surface area contributed by atoms with Crippen LogP contribution in [0.4, 0.5) is 0 Å². The number of nitrogens with zero attached hydrogens (tertiary/aromatic N) is 1. The van der Waals surface area contributed by atoms with Crippen LogP contribution in [0.25, 0.3) is 6.08 Å². The molecule has 0 unspecified atom stereocenters. The third kappa shape index (κ3) is 4.38. The molecular formula is C19H19NO6. The lowest BCUT2D eigenvalue weighted by Gasteiger charge is -2.07. The maximum absolute atomic E-state index is 12.3. The van der Waals surface area contributed by atoms with Gasteiger partial charge in [-0.1, -0.05) is 18.2 Å². The van der Waals surface area contributed by atoms with Gasteiger partial charge in [-0.15, -0.1) is 0 Å². The highest BCUT2D eigenvalue weighted by Gasteiger charge is 2.16. The summed E-state index contributed by atoms with van der Waals surface area (Å²) in [7, 11) is 2.79. The lowest BCUT2D eigenvalue weighted by molar-refractivity contribution is -0.142. The van der Waals surface area contributed by atoms with Crippen LogP contribution in [0.3, 0.4) is 0 Å². The molecule has 0 bridgehead atoms. The third-order valence-corrected chi connectivity index (χ3v) is 3.77. The molecular weight excluding hydrogens is 338 g/mol. The van der Waals surface area contributed by atoms with Crippen molar-refractivity contribution < 1.29 is 24.2 Å². The van der Waals surface area contributed by atoms with Crippen LogP contribution in [-0.2, 0) is 16.6 Å². The van der Waals surface area contributed by atoms with Gasteiger partial charge in [0, 0.05) is 18.8 Å². The number of aryl methyl sites for hydroxylation is 1. The minimum atomic E-state index is -0.607. The molecule has 0 aliphatic carbocycles. The molecule has 0 aliphatic rings. The first-order valence-electron chi connectivity index (χ1n) is 7.75. The summed E-state index contributed by atoms with van der Waals surface area (Å²) in [5.74, 6) is -1.04. The fraction of sp³-hybridized carbons (Fsp3) is 0.211. The van der Waals surface area contributed by atoms with E-state index in [1.807, 2.05) is 0 Å². The quantitative estimate of drug-likeness (QED) is 0.482. The van der Waals surface area contributed by atoms with E-state index in [4.69, 9.17) is 4.74 Å². The number of ether oxygens (including phenoxy) is 2. The smallest absolute Gasteiger partial charge is 0.343 e. The van der Waals surface area contributed by atoms with Crippen molar-refractivity contribution in [2.45, 2.75) is 6.92 Å². The Morgan fingerprint density at radius 3 is 2.69 bits per heavy atom. The topological polar surface area (TPSA) is 94.8 Å². The number of benzene rings is 1. The maximum atomic E-state index is 12.3. The molecule has 0 saturated heterocycles. The van der Waals surface area contributed by atoms with Crippen LogP contribution < -0.4 is 10.3 Å². The van der Waals surface area contributed by atoms with Crippen molar-refractivity contribution >= 4 is 17.8 Å². The molecule has 2 aromatic rings. The van der Waals surface area contributed by atoms with Crippen molar-refractivity contribution in [3.8, 4) is 11.5 Å². The van der Waals surface area contributed by atoms with Crippen LogP contribution in [0.1, 0.15) is 21.6 Å². The number of allylic oxidation sites excluding steroid dienone is 1. The van der Waals surface area contributed by atoms with Crippen LogP contribution >= 0.6 is 0 Å². The van der Waals surface area contributed by atoms with E-state index in [0.717, 1.165) is 0 Å². The number of rotatable bonds is 6. The van der Waals surface area contributed by atoms with Gasteiger partial charge < -0.3 is 19.1 Å². The molecule has 1 aromatic carbocycles. The van der Waals surface area contributed by atoms with E-state index in [1.54, 1.807) is 31.2 Å². The van der Waals surface area contributed by atoms with Gasteiger partial charge in [0.2, 0.25) is 0 Å². The van der Waals surface area contributed by atoms with Gasteiger partial charge in [0.25, 0.3) is 5.56 Å². The highest BCUT2D eigenvalue weighted by atomic mass is 16.6. The van der Waals surface area contributed by atoms with Gasteiger partial charge in [-0.05, 0) is 30.7 Å². The van der Waals surface area contributed by atoms with Crippen LogP contribution in [0.5, 0.6) is 11.5 Å². The molecule has 136 valence electrons. The fourth-order valence-electron chi connectivity index (χ4n) is 2.20. The zero-order valence-corrected chi connectivity index (χ0v) is 14.7. The summed E-state index contributed by atoms with van der Waals surface area (Å²) in [5.41, 5.74) is 0.326. The van der Waals surface area contributed by atoms with Crippen molar-refractivity contribution in [2.24, 2.45) is 7.05 Å². The second-order valence-electron chi connectivity index (χ2n) is 5.55. The number of carbonyl (C=O) groups is 2. The van der Waals surface area contributed by atoms with E-state index >= 15 is 0 Å². The molecule has 1 N–H and O–H groups in total. The van der Waals surface area contributed by atoms with E-state index in [0.29, 0.717) is 17.0 Å². The predicted octanol–water partition coefficient (Wildman–Crippen LogP) is 1.85. The Morgan fingerprint density at radius 2 is 2.00 bits per heavy atom. The number of hydrogen-bond donors (Lipinski definition) is 1. The van der Waals surface area contributed by atoms with Crippen LogP contribution in [0.2, 0.25) is 0 Å². The number of pyridine rings is 1. The summed E-state index contributed by atoms with van der Waals surface area (Å²) in [4.78, 5) is 35.6. The lowest BCUT2D eigenvalue weighted by atomic mass is 10.1. The van der Waals surface area contributed by atoms with Gasteiger partial charge in [-0.25, -0.2) is 4.79 Å². The summed E-state index contributed by atoms with van der Waals surface area (Å²) in [6.45, 7) is 1.43. The first-order chi connectivity index (χ1) is 12.3. The average Bonchev–Trinajstić information content (AvgIpc) is 2.63. The zero-order valence-electron chi connectivity index (χ0n) is 14.7. The number of ketones is 1. The van der Waals surface area contributed by atoms with Gasteiger partial charge in [0.15, 0.2) is 12.4 Å². The maximum Gasteiger partial charge on any atom is 0.343 e. The molecule has 0 aliphatic heterocycles. The van der Waals surface area contributed by atoms with E-state index in [9.17, 15) is 19.5 Å². The minimum absolute atomic E-state index is 0.226. The van der Waals surface area contributed by atoms with Crippen molar-refractivity contribution in [1.29, 1.82) is 0 Å². The van der Waals surface area contributed by atoms with Crippen LogP contribution in [-0.4, -0.2) is 35.1 Å². The Kier molecular flexibility index (Phi) is 5.95. The largest absolute Gasteiger partial charge is 0.507 e. The number of aromatic nitrogens is 1.